The summed E-state index contributed by atoms with van der Waals surface area (Å²) in [6.45, 7) is 5.71. The van der Waals surface area contributed by atoms with Crippen molar-refractivity contribution in [1.82, 2.24) is 4.90 Å². The molecule has 5 heteroatoms. The number of likely N-dealkylation sites (tertiary alicyclic amines) is 1. The van der Waals surface area contributed by atoms with E-state index >= 15 is 0 Å². The fourth-order valence-corrected chi connectivity index (χ4v) is 3.83. The molecule has 0 bridgehead atoms. The summed E-state index contributed by atoms with van der Waals surface area (Å²) in [6.07, 6.45) is 3.39. The maximum absolute atomic E-state index is 12.5. The van der Waals surface area contributed by atoms with Gasteiger partial charge in [-0.2, -0.15) is 0 Å². The minimum atomic E-state index is -1.01. The van der Waals surface area contributed by atoms with E-state index in [4.69, 9.17) is 0 Å². The summed E-state index contributed by atoms with van der Waals surface area (Å²) in [7, 11) is 0. The molecule has 0 aromatic rings. The Morgan fingerprint density at radius 1 is 1.14 bits per heavy atom. The first-order valence-electron chi connectivity index (χ1n) is 7.98. The standard InChI is InChI=1S/C16H25NO4/c1-4-10-7-11-12(8-10)14(19)17(13(11)18)9-16(5-2,6-3)15(20)21/h10-12H,4-9H2,1-3H3,(H,20,21). The zero-order valence-corrected chi connectivity index (χ0v) is 13.1. The van der Waals surface area contributed by atoms with E-state index in [1.54, 1.807) is 13.8 Å². The highest BCUT2D eigenvalue weighted by Gasteiger charge is 2.54. The number of imide groups is 1. The molecule has 2 amide bonds. The Labute approximate surface area is 125 Å². The van der Waals surface area contributed by atoms with Crippen LogP contribution in [0.3, 0.4) is 0 Å². The molecule has 1 aliphatic carbocycles. The van der Waals surface area contributed by atoms with Crippen LogP contribution in [0.25, 0.3) is 0 Å². The van der Waals surface area contributed by atoms with Crippen molar-refractivity contribution in [2.24, 2.45) is 23.2 Å². The number of carboxylic acids is 1. The van der Waals surface area contributed by atoms with Crippen molar-refractivity contribution in [3.8, 4) is 0 Å². The summed E-state index contributed by atoms with van der Waals surface area (Å²) in [5.41, 5.74) is -1.01. The van der Waals surface area contributed by atoms with Crippen LogP contribution in [0.15, 0.2) is 0 Å². The molecule has 0 aromatic carbocycles. The normalized spacial score (nSPS) is 29.1. The predicted octanol–water partition coefficient (Wildman–Crippen LogP) is 2.30. The van der Waals surface area contributed by atoms with E-state index in [9.17, 15) is 19.5 Å². The molecule has 1 saturated carbocycles. The van der Waals surface area contributed by atoms with E-state index in [0.29, 0.717) is 18.8 Å². The van der Waals surface area contributed by atoms with Gasteiger partial charge in [0.25, 0.3) is 0 Å². The molecular weight excluding hydrogens is 270 g/mol. The van der Waals surface area contributed by atoms with E-state index < -0.39 is 11.4 Å². The average Bonchev–Trinajstić information content (AvgIpc) is 2.99. The van der Waals surface area contributed by atoms with Gasteiger partial charge in [-0.15, -0.1) is 0 Å². The van der Waals surface area contributed by atoms with Gasteiger partial charge in [0.1, 0.15) is 0 Å². The van der Waals surface area contributed by atoms with Gasteiger partial charge in [0.2, 0.25) is 11.8 Å². The number of carboxylic acid groups (broad SMARTS) is 1. The molecule has 1 aliphatic heterocycles. The molecule has 0 aromatic heterocycles. The van der Waals surface area contributed by atoms with Gasteiger partial charge in [-0.25, -0.2) is 0 Å². The van der Waals surface area contributed by atoms with Crippen LogP contribution < -0.4 is 0 Å². The number of hydrogen-bond acceptors (Lipinski definition) is 3. The third kappa shape index (κ3) is 2.47. The van der Waals surface area contributed by atoms with Crippen LogP contribution >= 0.6 is 0 Å². The highest BCUT2D eigenvalue weighted by atomic mass is 16.4. The Hall–Kier alpha value is -1.39. The fraction of sp³-hybridized carbons (Fsp3) is 0.812. The van der Waals surface area contributed by atoms with Gasteiger partial charge in [0.05, 0.1) is 17.3 Å². The van der Waals surface area contributed by atoms with Crippen molar-refractivity contribution in [1.29, 1.82) is 0 Å². The van der Waals surface area contributed by atoms with E-state index in [1.807, 2.05) is 0 Å². The summed E-state index contributed by atoms with van der Waals surface area (Å²) in [6, 6.07) is 0. The minimum Gasteiger partial charge on any atom is -0.481 e. The lowest BCUT2D eigenvalue weighted by atomic mass is 9.82. The molecule has 1 N–H and O–H groups in total. The molecule has 0 radical (unpaired) electrons. The quantitative estimate of drug-likeness (QED) is 0.763. The molecule has 1 heterocycles. The van der Waals surface area contributed by atoms with Crippen molar-refractivity contribution in [3.63, 3.8) is 0 Å². The molecule has 21 heavy (non-hydrogen) atoms. The second-order valence-electron chi connectivity index (χ2n) is 6.51. The Morgan fingerprint density at radius 2 is 1.62 bits per heavy atom. The molecule has 2 aliphatic rings. The molecule has 5 nitrogen and oxygen atoms in total. The summed E-state index contributed by atoms with van der Waals surface area (Å²) in [5, 5.41) is 9.49. The fourth-order valence-electron chi connectivity index (χ4n) is 3.83. The Balaban J connectivity index is 2.18. The van der Waals surface area contributed by atoms with E-state index in [1.165, 1.54) is 4.90 Å². The van der Waals surface area contributed by atoms with Gasteiger partial charge in [-0.3, -0.25) is 19.3 Å². The molecule has 2 rings (SSSR count). The molecule has 118 valence electrons. The monoisotopic (exact) mass is 295 g/mol. The number of carbonyl (C=O) groups excluding carboxylic acids is 2. The Kier molecular flexibility index (Phi) is 4.40. The Morgan fingerprint density at radius 3 is 1.95 bits per heavy atom. The molecule has 2 unspecified atom stereocenters. The predicted molar refractivity (Wildman–Crippen MR) is 77.4 cm³/mol. The van der Waals surface area contributed by atoms with Gasteiger partial charge in [0.15, 0.2) is 0 Å². The highest BCUT2D eigenvalue weighted by Crippen LogP contribution is 2.45. The molecule has 2 fully saturated rings. The number of amides is 2. The van der Waals surface area contributed by atoms with Crippen LogP contribution in [0.4, 0.5) is 0 Å². The SMILES string of the molecule is CCC1CC2C(=O)N(CC(CC)(CC)C(=O)O)C(=O)C2C1. The largest absolute Gasteiger partial charge is 0.481 e. The van der Waals surface area contributed by atoms with Crippen LogP contribution in [0.2, 0.25) is 0 Å². The maximum atomic E-state index is 12.5. The van der Waals surface area contributed by atoms with Crippen LogP contribution in [0.5, 0.6) is 0 Å². The van der Waals surface area contributed by atoms with Gasteiger partial charge in [0, 0.05) is 6.54 Å². The van der Waals surface area contributed by atoms with Gasteiger partial charge >= 0.3 is 5.97 Å². The summed E-state index contributed by atoms with van der Waals surface area (Å²) < 4.78 is 0. The molecule has 0 spiro atoms. The van der Waals surface area contributed by atoms with Crippen molar-refractivity contribution in [2.45, 2.75) is 52.9 Å². The molecule has 2 atom stereocenters. The summed E-state index contributed by atoms with van der Waals surface area (Å²) >= 11 is 0. The van der Waals surface area contributed by atoms with Crippen molar-refractivity contribution < 1.29 is 19.5 Å². The van der Waals surface area contributed by atoms with Gasteiger partial charge < -0.3 is 5.11 Å². The van der Waals surface area contributed by atoms with Gasteiger partial charge in [-0.05, 0) is 31.6 Å². The lowest BCUT2D eigenvalue weighted by Gasteiger charge is -2.31. The summed E-state index contributed by atoms with van der Waals surface area (Å²) in [4.78, 5) is 37.8. The second-order valence-corrected chi connectivity index (χ2v) is 6.51. The van der Waals surface area contributed by atoms with Crippen molar-refractivity contribution >= 4 is 17.8 Å². The number of nitrogens with zero attached hydrogens (tertiary/aromatic N) is 1. The lowest BCUT2D eigenvalue weighted by molar-refractivity contribution is -0.154. The summed E-state index contributed by atoms with van der Waals surface area (Å²) in [5.74, 6) is -1.17. The third-order valence-corrected chi connectivity index (χ3v) is 5.67. The first-order valence-corrected chi connectivity index (χ1v) is 7.98. The van der Waals surface area contributed by atoms with Crippen LogP contribution in [-0.4, -0.2) is 34.3 Å². The number of rotatable bonds is 6. The van der Waals surface area contributed by atoms with Crippen LogP contribution in [-0.2, 0) is 14.4 Å². The first-order chi connectivity index (χ1) is 9.90. The zero-order chi connectivity index (χ0) is 15.8. The zero-order valence-electron chi connectivity index (χ0n) is 13.1. The number of fused-ring (bicyclic) bond motifs is 1. The number of hydrogen-bond donors (Lipinski definition) is 1. The van der Waals surface area contributed by atoms with Crippen LogP contribution in [0, 0.1) is 23.2 Å². The molecule has 1 saturated heterocycles. The molecular formula is C16H25NO4. The van der Waals surface area contributed by atoms with E-state index in [2.05, 4.69) is 6.92 Å². The van der Waals surface area contributed by atoms with E-state index in [-0.39, 0.29) is 30.2 Å². The van der Waals surface area contributed by atoms with Crippen molar-refractivity contribution in [3.05, 3.63) is 0 Å². The smallest absolute Gasteiger partial charge is 0.311 e. The second kappa shape index (κ2) is 5.78. The van der Waals surface area contributed by atoms with Gasteiger partial charge in [-0.1, -0.05) is 27.2 Å². The topological polar surface area (TPSA) is 74.7 Å². The minimum absolute atomic E-state index is 0.0246. The average molecular weight is 295 g/mol. The Bertz CT molecular complexity index is 431. The number of aliphatic carboxylic acids is 1. The van der Waals surface area contributed by atoms with Crippen LogP contribution in [0.1, 0.15) is 52.9 Å². The third-order valence-electron chi connectivity index (χ3n) is 5.67. The van der Waals surface area contributed by atoms with Crippen molar-refractivity contribution in [2.75, 3.05) is 6.54 Å². The number of carbonyl (C=O) groups is 3. The maximum Gasteiger partial charge on any atom is 0.311 e. The van der Waals surface area contributed by atoms with E-state index in [0.717, 1.165) is 19.3 Å². The highest BCUT2D eigenvalue weighted by molar-refractivity contribution is 6.05. The first kappa shape index (κ1) is 16.0. The lowest BCUT2D eigenvalue weighted by Crippen LogP contribution is -2.45.